The Morgan fingerprint density at radius 2 is 1.60 bits per heavy atom. The molecule has 1 fully saturated rings. The molecule has 0 spiro atoms. The highest BCUT2D eigenvalue weighted by molar-refractivity contribution is 5.67. The molecule has 0 bridgehead atoms. The van der Waals surface area contributed by atoms with Gasteiger partial charge in [0.2, 0.25) is 6.29 Å². The summed E-state index contributed by atoms with van der Waals surface area (Å²) in [6.45, 7) is 6.36. The van der Waals surface area contributed by atoms with Gasteiger partial charge in [-0.2, -0.15) is 0 Å². The van der Waals surface area contributed by atoms with Crippen LogP contribution >= 0.6 is 0 Å². The lowest BCUT2D eigenvalue weighted by molar-refractivity contribution is -0.193. The van der Waals surface area contributed by atoms with E-state index >= 15 is 0 Å². The number of carbonyl (C=O) groups excluding carboxylic acids is 2. The van der Waals surface area contributed by atoms with Crippen LogP contribution in [0.15, 0.2) is 0 Å². The maximum Gasteiger partial charge on any atom is 0.305 e. The highest BCUT2D eigenvalue weighted by Crippen LogP contribution is 2.29. The van der Waals surface area contributed by atoms with Crippen molar-refractivity contribution in [3.05, 3.63) is 0 Å². The molecule has 1 heterocycles. The molecule has 1 saturated heterocycles. The Morgan fingerprint density at radius 1 is 1.07 bits per heavy atom. The minimum atomic E-state index is -0.781. The number of rotatable bonds is 2. The minimum absolute atomic E-state index is 0.0123. The number of carbonyl (C=O) groups is 2. The predicted octanol–water partition coefficient (Wildman–Crippen LogP) is 0.862. The maximum absolute atomic E-state index is 10.9. The Kier molecular flexibility index (Phi) is 3.68. The van der Waals surface area contributed by atoms with E-state index in [0.29, 0.717) is 0 Å². The molecule has 0 aromatic carbocycles. The summed E-state index contributed by atoms with van der Waals surface area (Å²) >= 11 is 0. The molecule has 0 aromatic heterocycles. The Bertz CT molecular complexity index is 263. The third-order valence-electron chi connectivity index (χ3n) is 2.46. The largest absolute Gasteiger partial charge is 0.455 e. The van der Waals surface area contributed by atoms with E-state index < -0.39 is 24.3 Å². The van der Waals surface area contributed by atoms with Crippen molar-refractivity contribution in [2.45, 2.75) is 46.2 Å². The van der Waals surface area contributed by atoms with Gasteiger partial charge in [-0.3, -0.25) is 9.59 Å². The van der Waals surface area contributed by atoms with Gasteiger partial charge in [0.15, 0.2) is 6.10 Å². The first-order valence-electron chi connectivity index (χ1n) is 4.91. The summed E-state index contributed by atoms with van der Waals surface area (Å²) in [6.07, 6.45) is -1.39. The van der Waals surface area contributed by atoms with Crippen LogP contribution in [0.2, 0.25) is 0 Å². The van der Waals surface area contributed by atoms with Gasteiger partial charge in [-0.05, 0) is 6.92 Å². The average molecular weight is 216 g/mol. The molecule has 15 heavy (non-hydrogen) atoms. The fourth-order valence-corrected chi connectivity index (χ4v) is 1.54. The molecular weight excluding hydrogens is 200 g/mol. The van der Waals surface area contributed by atoms with Crippen molar-refractivity contribution < 1.29 is 23.8 Å². The molecule has 86 valence electrons. The van der Waals surface area contributed by atoms with Crippen molar-refractivity contribution >= 4 is 11.9 Å². The number of hydrogen-bond acceptors (Lipinski definition) is 5. The van der Waals surface area contributed by atoms with Gasteiger partial charge in [0, 0.05) is 19.8 Å². The van der Waals surface area contributed by atoms with Crippen LogP contribution in [0.3, 0.4) is 0 Å². The van der Waals surface area contributed by atoms with E-state index in [9.17, 15) is 9.59 Å². The van der Waals surface area contributed by atoms with E-state index in [1.54, 1.807) is 0 Å². The quantitative estimate of drug-likeness (QED) is 0.641. The van der Waals surface area contributed by atoms with Gasteiger partial charge in [-0.1, -0.05) is 6.92 Å². The normalized spacial score (nSPS) is 34.9. The Labute approximate surface area is 88.7 Å². The van der Waals surface area contributed by atoms with E-state index in [1.165, 1.54) is 13.8 Å². The standard InChI is InChI=1S/C10H16O5/c1-5-6(2)13-10(15-8(4)12)9(5)14-7(3)11/h5-6,9-10H,1-4H3/t5-,6-,9-,10?/m1/s1. The first-order valence-corrected chi connectivity index (χ1v) is 4.91. The molecule has 0 aromatic rings. The lowest BCUT2D eigenvalue weighted by atomic mass is 10.0. The van der Waals surface area contributed by atoms with Gasteiger partial charge in [-0.15, -0.1) is 0 Å². The van der Waals surface area contributed by atoms with Crippen LogP contribution in [-0.4, -0.2) is 30.4 Å². The highest BCUT2D eigenvalue weighted by atomic mass is 16.7. The van der Waals surface area contributed by atoms with Crippen LogP contribution in [0.4, 0.5) is 0 Å². The van der Waals surface area contributed by atoms with Crippen LogP contribution in [0.1, 0.15) is 27.7 Å². The summed E-state index contributed by atoms with van der Waals surface area (Å²) in [5.41, 5.74) is 0. The van der Waals surface area contributed by atoms with Crippen molar-refractivity contribution in [1.82, 2.24) is 0 Å². The molecule has 0 radical (unpaired) electrons. The van der Waals surface area contributed by atoms with Crippen molar-refractivity contribution in [2.75, 3.05) is 0 Å². The fourth-order valence-electron chi connectivity index (χ4n) is 1.54. The van der Waals surface area contributed by atoms with E-state index in [0.717, 1.165) is 0 Å². The second-order valence-corrected chi connectivity index (χ2v) is 3.75. The monoisotopic (exact) mass is 216 g/mol. The lowest BCUT2D eigenvalue weighted by Crippen LogP contribution is -2.33. The van der Waals surface area contributed by atoms with Gasteiger partial charge in [0.1, 0.15) is 0 Å². The summed E-state index contributed by atoms with van der Waals surface area (Å²) in [7, 11) is 0. The number of esters is 2. The van der Waals surface area contributed by atoms with Crippen molar-refractivity contribution in [2.24, 2.45) is 5.92 Å². The summed E-state index contributed by atoms with van der Waals surface area (Å²) in [5, 5.41) is 0. The summed E-state index contributed by atoms with van der Waals surface area (Å²) in [4.78, 5) is 21.7. The third-order valence-corrected chi connectivity index (χ3v) is 2.46. The Hall–Kier alpha value is -1.10. The van der Waals surface area contributed by atoms with Gasteiger partial charge in [0.05, 0.1) is 6.10 Å². The second kappa shape index (κ2) is 4.61. The van der Waals surface area contributed by atoms with E-state index in [1.807, 2.05) is 13.8 Å². The number of hydrogen-bond donors (Lipinski definition) is 0. The second-order valence-electron chi connectivity index (χ2n) is 3.75. The topological polar surface area (TPSA) is 61.8 Å². The Balaban J connectivity index is 2.68. The summed E-state index contributed by atoms with van der Waals surface area (Å²) < 4.78 is 15.4. The molecule has 1 rings (SSSR count). The van der Waals surface area contributed by atoms with E-state index in [-0.39, 0.29) is 12.0 Å². The molecule has 5 nitrogen and oxygen atoms in total. The number of ether oxygens (including phenoxy) is 3. The third kappa shape index (κ3) is 2.92. The van der Waals surface area contributed by atoms with Crippen LogP contribution in [0.25, 0.3) is 0 Å². The van der Waals surface area contributed by atoms with Crippen molar-refractivity contribution in [1.29, 1.82) is 0 Å². The Morgan fingerprint density at radius 3 is 2.07 bits per heavy atom. The van der Waals surface area contributed by atoms with Gasteiger partial charge < -0.3 is 14.2 Å². The highest BCUT2D eigenvalue weighted by Gasteiger charge is 2.44. The first-order chi connectivity index (χ1) is 6.91. The molecule has 0 saturated carbocycles. The van der Waals surface area contributed by atoms with Crippen LogP contribution in [0, 0.1) is 5.92 Å². The van der Waals surface area contributed by atoms with Crippen molar-refractivity contribution in [3.8, 4) is 0 Å². The zero-order valence-corrected chi connectivity index (χ0v) is 9.35. The van der Waals surface area contributed by atoms with E-state index in [2.05, 4.69) is 0 Å². The fraction of sp³-hybridized carbons (Fsp3) is 0.800. The SMILES string of the molecule is CC(=O)OC1O[C@H](C)[C@@H](C)[C@H]1OC(C)=O. The molecule has 0 N–H and O–H groups in total. The molecule has 0 aliphatic carbocycles. The molecule has 0 amide bonds. The van der Waals surface area contributed by atoms with Gasteiger partial charge in [-0.25, -0.2) is 0 Å². The molecule has 5 heteroatoms. The molecule has 1 aliphatic heterocycles. The van der Waals surface area contributed by atoms with Crippen LogP contribution in [-0.2, 0) is 23.8 Å². The van der Waals surface area contributed by atoms with E-state index in [4.69, 9.17) is 14.2 Å². The molecular formula is C10H16O5. The minimum Gasteiger partial charge on any atom is -0.455 e. The predicted molar refractivity (Wildman–Crippen MR) is 50.8 cm³/mol. The van der Waals surface area contributed by atoms with Crippen LogP contribution in [0.5, 0.6) is 0 Å². The van der Waals surface area contributed by atoms with Gasteiger partial charge in [0.25, 0.3) is 0 Å². The average Bonchev–Trinajstić information content (AvgIpc) is 2.31. The molecule has 1 unspecified atom stereocenters. The zero-order chi connectivity index (χ0) is 11.6. The summed E-state index contributed by atoms with van der Waals surface area (Å²) in [5.74, 6) is -0.835. The molecule has 4 atom stereocenters. The van der Waals surface area contributed by atoms with Crippen LogP contribution < -0.4 is 0 Å². The maximum atomic E-state index is 10.9. The lowest BCUT2D eigenvalue weighted by Gasteiger charge is -2.19. The smallest absolute Gasteiger partial charge is 0.305 e. The summed E-state index contributed by atoms with van der Waals surface area (Å²) in [6, 6.07) is 0. The van der Waals surface area contributed by atoms with Crippen molar-refractivity contribution in [3.63, 3.8) is 0 Å². The van der Waals surface area contributed by atoms with Gasteiger partial charge >= 0.3 is 11.9 Å². The first kappa shape index (κ1) is 12.0. The zero-order valence-electron chi connectivity index (χ0n) is 9.35. The molecule has 1 aliphatic rings.